The second-order valence-corrected chi connectivity index (χ2v) is 7.53. The minimum absolute atomic E-state index is 0.258. The molecule has 102 valence electrons. The molecule has 0 heterocycles. The van der Waals surface area contributed by atoms with E-state index < -0.39 is 0 Å². The molecule has 3 heteroatoms. The van der Waals surface area contributed by atoms with E-state index in [1.807, 2.05) is 13.8 Å². The fourth-order valence-corrected chi connectivity index (χ4v) is 4.82. The van der Waals surface area contributed by atoms with E-state index in [4.69, 9.17) is 5.73 Å². The van der Waals surface area contributed by atoms with Crippen LogP contribution in [0.4, 0.5) is 0 Å². The van der Waals surface area contributed by atoms with Gasteiger partial charge in [-0.1, -0.05) is 0 Å². The Morgan fingerprint density at radius 1 is 1.11 bits per heavy atom. The molecule has 4 saturated carbocycles. The van der Waals surface area contributed by atoms with E-state index in [1.165, 1.54) is 32.1 Å². The van der Waals surface area contributed by atoms with Gasteiger partial charge in [-0.2, -0.15) is 0 Å². The molecule has 18 heavy (non-hydrogen) atoms. The highest BCUT2D eigenvalue weighted by Crippen LogP contribution is 2.56. The van der Waals surface area contributed by atoms with Gasteiger partial charge >= 0.3 is 0 Å². The van der Waals surface area contributed by atoms with E-state index in [0.29, 0.717) is 18.4 Å². The van der Waals surface area contributed by atoms with Crippen molar-refractivity contribution in [1.29, 1.82) is 0 Å². The van der Waals surface area contributed by atoms with Crippen molar-refractivity contribution in [2.24, 2.45) is 35.3 Å². The molecule has 0 aromatic carbocycles. The first-order valence-electron chi connectivity index (χ1n) is 7.50. The SMILES string of the molecule is CC(C)(CN)NC(=O)C1C2CC3CC(C2)CC1C3. The largest absolute Gasteiger partial charge is 0.350 e. The summed E-state index contributed by atoms with van der Waals surface area (Å²) in [5.74, 6) is 3.74. The van der Waals surface area contributed by atoms with Gasteiger partial charge in [-0.25, -0.2) is 0 Å². The summed E-state index contributed by atoms with van der Waals surface area (Å²) in [6.45, 7) is 4.54. The van der Waals surface area contributed by atoms with E-state index in [1.54, 1.807) is 0 Å². The molecular weight excluding hydrogens is 224 g/mol. The highest BCUT2D eigenvalue weighted by Gasteiger charge is 2.51. The number of hydrogen-bond acceptors (Lipinski definition) is 2. The van der Waals surface area contributed by atoms with Gasteiger partial charge < -0.3 is 11.1 Å². The maximum atomic E-state index is 12.5. The monoisotopic (exact) mass is 250 g/mol. The smallest absolute Gasteiger partial charge is 0.224 e. The molecule has 4 fully saturated rings. The van der Waals surface area contributed by atoms with Crippen LogP contribution in [0.1, 0.15) is 46.0 Å². The first-order chi connectivity index (χ1) is 8.48. The standard InChI is InChI=1S/C15H26N2O/c1-15(2,8-16)17-14(18)13-11-4-9-3-10(6-11)7-12(13)5-9/h9-13H,3-8,16H2,1-2H3,(H,17,18). The van der Waals surface area contributed by atoms with Gasteiger partial charge in [0.15, 0.2) is 0 Å². The minimum Gasteiger partial charge on any atom is -0.350 e. The number of nitrogens with two attached hydrogens (primary N) is 1. The Labute approximate surface area is 110 Å². The lowest BCUT2D eigenvalue weighted by Crippen LogP contribution is -2.56. The van der Waals surface area contributed by atoms with Crippen LogP contribution in [0.5, 0.6) is 0 Å². The Bertz CT molecular complexity index is 322. The molecule has 4 rings (SSSR count). The van der Waals surface area contributed by atoms with Crippen LogP contribution >= 0.6 is 0 Å². The fourth-order valence-electron chi connectivity index (χ4n) is 4.82. The van der Waals surface area contributed by atoms with Crippen LogP contribution in [-0.2, 0) is 4.79 Å². The third kappa shape index (κ3) is 2.07. The van der Waals surface area contributed by atoms with Crippen LogP contribution in [0.25, 0.3) is 0 Å². The molecule has 3 nitrogen and oxygen atoms in total. The van der Waals surface area contributed by atoms with Crippen LogP contribution in [0.2, 0.25) is 0 Å². The second kappa shape index (κ2) is 4.22. The van der Waals surface area contributed by atoms with E-state index in [-0.39, 0.29) is 17.4 Å². The molecule has 0 aliphatic heterocycles. The normalized spacial score (nSPS) is 42.1. The van der Waals surface area contributed by atoms with E-state index >= 15 is 0 Å². The number of rotatable bonds is 3. The zero-order chi connectivity index (χ0) is 12.9. The van der Waals surface area contributed by atoms with E-state index in [2.05, 4.69) is 5.32 Å². The first-order valence-corrected chi connectivity index (χ1v) is 7.50. The van der Waals surface area contributed by atoms with Gasteiger partial charge in [0, 0.05) is 18.0 Å². The van der Waals surface area contributed by atoms with Crippen molar-refractivity contribution in [2.75, 3.05) is 6.54 Å². The molecule has 4 aliphatic rings. The van der Waals surface area contributed by atoms with Crippen LogP contribution in [0.3, 0.4) is 0 Å². The summed E-state index contributed by atoms with van der Waals surface area (Å²) < 4.78 is 0. The Morgan fingerprint density at radius 3 is 2.06 bits per heavy atom. The van der Waals surface area contributed by atoms with Crippen LogP contribution in [0, 0.1) is 29.6 Å². The summed E-state index contributed by atoms with van der Waals surface area (Å²) in [4.78, 5) is 12.5. The summed E-state index contributed by atoms with van der Waals surface area (Å²) in [5, 5.41) is 3.17. The van der Waals surface area contributed by atoms with Gasteiger partial charge in [-0.15, -0.1) is 0 Å². The molecule has 0 saturated heterocycles. The van der Waals surface area contributed by atoms with Crippen LogP contribution < -0.4 is 11.1 Å². The molecule has 4 bridgehead atoms. The molecule has 0 spiro atoms. The summed E-state index contributed by atoms with van der Waals surface area (Å²) >= 11 is 0. The number of hydrogen-bond donors (Lipinski definition) is 2. The predicted molar refractivity (Wildman–Crippen MR) is 71.8 cm³/mol. The molecule has 4 aliphatic carbocycles. The zero-order valence-corrected chi connectivity index (χ0v) is 11.6. The number of amides is 1. The topological polar surface area (TPSA) is 55.1 Å². The number of nitrogens with one attached hydrogen (secondary N) is 1. The van der Waals surface area contributed by atoms with Gasteiger partial charge in [-0.05, 0) is 69.6 Å². The molecule has 3 N–H and O–H groups in total. The van der Waals surface area contributed by atoms with Gasteiger partial charge in [-0.3, -0.25) is 4.79 Å². The van der Waals surface area contributed by atoms with Gasteiger partial charge in [0.1, 0.15) is 0 Å². The first kappa shape index (κ1) is 12.5. The molecular formula is C15H26N2O. The third-order valence-electron chi connectivity index (χ3n) is 5.50. The quantitative estimate of drug-likeness (QED) is 0.804. The average molecular weight is 250 g/mol. The summed E-state index contributed by atoms with van der Waals surface area (Å²) in [6, 6.07) is 0. The molecule has 0 unspecified atom stereocenters. The zero-order valence-electron chi connectivity index (χ0n) is 11.6. The maximum Gasteiger partial charge on any atom is 0.224 e. The third-order valence-corrected chi connectivity index (χ3v) is 5.50. The molecule has 1 amide bonds. The molecule has 0 aromatic heterocycles. The maximum absolute atomic E-state index is 12.5. The molecule has 0 aromatic rings. The van der Waals surface area contributed by atoms with Gasteiger partial charge in [0.2, 0.25) is 5.91 Å². The number of carbonyl (C=O) groups excluding carboxylic acids is 1. The Hall–Kier alpha value is -0.570. The lowest BCUT2D eigenvalue weighted by Gasteiger charge is -2.54. The summed E-state index contributed by atoms with van der Waals surface area (Å²) in [6.07, 6.45) is 6.64. The summed E-state index contributed by atoms with van der Waals surface area (Å²) in [5.41, 5.74) is 5.46. The van der Waals surface area contributed by atoms with Crippen molar-refractivity contribution < 1.29 is 4.79 Å². The second-order valence-electron chi connectivity index (χ2n) is 7.53. The van der Waals surface area contributed by atoms with Gasteiger partial charge in [0.05, 0.1) is 0 Å². The highest BCUT2D eigenvalue weighted by atomic mass is 16.2. The van der Waals surface area contributed by atoms with E-state index in [0.717, 1.165) is 11.8 Å². The highest BCUT2D eigenvalue weighted by molar-refractivity contribution is 5.80. The number of carbonyl (C=O) groups is 1. The van der Waals surface area contributed by atoms with Crippen LogP contribution in [0.15, 0.2) is 0 Å². The van der Waals surface area contributed by atoms with Crippen molar-refractivity contribution in [2.45, 2.75) is 51.5 Å². The average Bonchev–Trinajstić information content (AvgIpc) is 2.26. The van der Waals surface area contributed by atoms with Crippen molar-refractivity contribution in [1.82, 2.24) is 5.32 Å². The Kier molecular flexibility index (Phi) is 2.92. The Balaban J connectivity index is 1.71. The van der Waals surface area contributed by atoms with Crippen molar-refractivity contribution in [3.63, 3.8) is 0 Å². The lowest BCUT2D eigenvalue weighted by molar-refractivity contribution is -0.139. The summed E-state index contributed by atoms with van der Waals surface area (Å²) in [7, 11) is 0. The molecule has 0 atom stereocenters. The minimum atomic E-state index is -0.258. The van der Waals surface area contributed by atoms with Gasteiger partial charge in [0.25, 0.3) is 0 Å². The fraction of sp³-hybridized carbons (Fsp3) is 0.933. The van der Waals surface area contributed by atoms with Crippen LogP contribution in [-0.4, -0.2) is 18.0 Å². The Morgan fingerprint density at radius 2 is 1.61 bits per heavy atom. The molecule has 0 radical (unpaired) electrons. The predicted octanol–water partition coefficient (Wildman–Crippen LogP) is 1.91. The van der Waals surface area contributed by atoms with Crippen molar-refractivity contribution in [3.8, 4) is 0 Å². The van der Waals surface area contributed by atoms with E-state index in [9.17, 15) is 4.79 Å². The lowest BCUT2D eigenvalue weighted by atomic mass is 9.51. The van der Waals surface area contributed by atoms with Crippen molar-refractivity contribution >= 4 is 5.91 Å². The van der Waals surface area contributed by atoms with Crippen molar-refractivity contribution in [3.05, 3.63) is 0 Å².